The summed E-state index contributed by atoms with van der Waals surface area (Å²) in [7, 11) is 0. The van der Waals surface area contributed by atoms with E-state index in [1.807, 2.05) is 32.0 Å². The van der Waals surface area contributed by atoms with Crippen LogP contribution in [0, 0.1) is 26.6 Å². The molecule has 2 N–H and O–H groups in total. The molecule has 0 saturated carbocycles. The second-order valence-electron chi connectivity index (χ2n) is 5.49. The van der Waals surface area contributed by atoms with Crippen LogP contribution in [0.2, 0.25) is 0 Å². The zero-order chi connectivity index (χ0) is 15.9. The van der Waals surface area contributed by atoms with E-state index in [0.717, 1.165) is 22.4 Å². The Morgan fingerprint density at radius 2 is 1.77 bits per heavy atom. The highest BCUT2D eigenvalue weighted by Crippen LogP contribution is 2.28. The Hall–Kier alpha value is -2.69. The highest BCUT2D eigenvalue weighted by molar-refractivity contribution is 5.71. The normalized spacial score (nSPS) is 10.9. The summed E-state index contributed by atoms with van der Waals surface area (Å²) in [5, 5.41) is 8.33. The van der Waals surface area contributed by atoms with Crippen molar-refractivity contribution in [2.24, 2.45) is 0 Å². The van der Waals surface area contributed by atoms with E-state index in [-0.39, 0.29) is 5.82 Å². The summed E-state index contributed by atoms with van der Waals surface area (Å²) < 4.78 is 15.0. The minimum atomic E-state index is -0.246. The van der Waals surface area contributed by atoms with Gasteiger partial charge in [-0.1, -0.05) is 17.3 Å². The van der Waals surface area contributed by atoms with Crippen molar-refractivity contribution in [2.45, 2.75) is 20.8 Å². The van der Waals surface area contributed by atoms with Crippen LogP contribution >= 0.6 is 0 Å². The quantitative estimate of drug-likeness (QED) is 0.786. The summed E-state index contributed by atoms with van der Waals surface area (Å²) in [5.41, 5.74) is 11.2. The highest BCUT2D eigenvalue weighted by atomic mass is 19.1. The van der Waals surface area contributed by atoms with E-state index in [1.165, 1.54) is 6.07 Å². The molecule has 0 fully saturated rings. The Bertz CT molecular complexity index is 852. The average molecular weight is 296 g/mol. The van der Waals surface area contributed by atoms with E-state index >= 15 is 0 Å². The van der Waals surface area contributed by atoms with Crippen molar-refractivity contribution in [3.63, 3.8) is 0 Å². The molecule has 0 aliphatic heterocycles. The fourth-order valence-corrected chi connectivity index (χ4v) is 2.41. The molecule has 0 radical (unpaired) electrons. The topological polar surface area (TPSA) is 56.7 Å². The van der Waals surface area contributed by atoms with Crippen LogP contribution in [0.5, 0.6) is 0 Å². The van der Waals surface area contributed by atoms with Gasteiger partial charge in [0, 0.05) is 5.56 Å². The smallest absolute Gasteiger partial charge is 0.155 e. The SMILES string of the molecule is Cc1ccc(C)c(-n2nnc(-c3ccc(F)c(C)c3)c2N)c1. The lowest BCUT2D eigenvalue weighted by Gasteiger charge is -2.08. The fourth-order valence-electron chi connectivity index (χ4n) is 2.41. The number of nitrogens with zero attached hydrogens (tertiary/aromatic N) is 3. The van der Waals surface area contributed by atoms with Crippen molar-refractivity contribution in [3.8, 4) is 16.9 Å². The van der Waals surface area contributed by atoms with E-state index in [1.54, 1.807) is 23.7 Å². The molecule has 1 heterocycles. The first kappa shape index (κ1) is 14.3. The van der Waals surface area contributed by atoms with Crippen molar-refractivity contribution in [1.82, 2.24) is 15.0 Å². The molecule has 0 bridgehead atoms. The highest BCUT2D eigenvalue weighted by Gasteiger charge is 2.15. The fraction of sp³-hybridized carbons (Fsp3) is 0.176. The molecule has 0 atom stereocenters. The van der Waals surface area contributed by atoms with Crippen LogP contribution in [0.1, 0.15) is 16.7 Å². The van der Waals surface area contributed by atoms with Gasteiger partial charge in [0.2, 0.25) is 0 Å². The third-order valence-corrected chi connectivity index (χ3v) is 3.73. The molecule has 0 saturated heterocycles. The lowest BCUT2D eigenvalue weighted by atomic mass is 10.1. The molecule has 0 unspecified atom stereocenters. The van der Waals surface area contributed by atoms with E-state index in [0.29, 0.717) is 17.1 Å². The summed E-state index contributed by atoms with van der Waals surface area (Å²) in [6.07, 6.45) is 0. The zero-order valence-corrected chi connectivity index (χ0v) is 12.8. The molecular weight excluding hydrogens is 279 g/mol. The van der Waals surface area contributed by atoms with E-state index in [2.05, 4.69) is 10.3 Å². The second-order valence-corrected chi connectivity index (χ2v) is 5.49. The van der Waals surface area contributed by atoms with Gasteiger partial charge in [-0.25, -0.2) is 4.39 Å². The van der Waals surface area contributed by atoms with Crippen molar-refractivity contribution in [2.75, 3.05) is 5.73 Å². The molecular formula is C17H17FN4. The van der Waals surface area contributed by atoms with Gasteiger partial charge in [-0.2, -0.15) is 4.68 Å². The van der Waals surface area contributed by atoms with E-state index < -0.39 is 0 Å². The number of anilines is 1. The largest absolute Gasteiger partial charge is 0.382 e. The number of hydrogen-bond donors (Lipinski definition) is 1. The molecule has 1 aromatic heterocycles. The molecule has 5 heteroatoms. The summed E-state index contributed by atoms with van der Waals surface area (Å²) in [6, 6.07) is 10.9. The summed E-state index contributed by atoms with van der Waals surface area (Å²) in [4.78, 5) is 0. The van der Waals surface area contributed by atoms with Crippen LogP contribution in [-0.2, 0) is 0 Å². The molecule has 0 spiro atoms. The lowest BCUT2D eigenvalue weighted by Crippen LogP contribution is -2.04. The molecule has 22 heavy (non-hydrogen) atoms. The Kier molecular flexibility index (Phi) is 3.41. The summed E-state index contributed by atoms with van der Waals surface area (Å²) in [6.45, 7) is 5.72. The Labute approximate surface area is 128 Å². The molecule has 0 amide bonds. The predicted octanol–water partition coefficient (Wildman–Crippen LogP) is 3.58. The van der Waals surface area contributed by atoms with Gasteiger partial charge in [-0.3, -0.25) is 0 Å². The Morgan fingerprint density at radius 3 is 2.50 bits per heavy atom. The summed E-state index contributed by atoms with van der Waals surface area (Å²) >= 11 is 0. The first-order chi connectivity index (χ1) is 10.5. The number of rotatable bonds is 2. The predicted molar refractivity (Wildman–Crippen MR) is 85.4 cm³/mol. The second kappa shape index (κ2) is 5.26. The van der Waals surface area contributed by atoms with Gasteiger partial charge in [-0.05, 0) is 61.7 Å². The number of nitrogens with two attached hydrogens (primary N) is 1. The zero-order valence-electron chi connectivity index (χ0n) is 12.8. The van der Waals surface area contributed by atoms with Gasteiger partial charge in [0.1, 0.15) is 11.5 Å². The van der Waals surface area contributed by atoms with Gasteiger partial charge < -0.3 is 5.73 Å². The maximum atomic E-state index is 13.4. The van der Waals surface area contributed by atoms with Gasteiger partial charge in [0.15, 0.2) is 5.82 Å². The molecule has 0 aliphatic carbocycles. The van der Waals surface area contributed by atoms with Gasteiger partial charge in [-0.15, -0.1) is 5.10 Å². The standard InChI is InChI=1S/C17H17FN4/c1-10-4-5-11(2)15(8-10)22-17(19)16(20-21-22)13-6-7-14(18)12(3)9-13/h4-9H,19H2,1-3H3. The Balaban J connectivity index is 2.12. The van der Waals surface area contributed by atoms with Crippen LogP contribution in [0.25, 0.3) is 16.9 Å². The molecule has 3 aromatic rings. The molecule has 0 aliphatic rings. The van der Waals surface area contributed by atoms with Gasteiger partial charge in [0.05, 0.1) is 5.69 Å². The van der Waals surface area contributed by atoms with Crippen LogP contribution < -0.4 is 5.73 Å². The van der Waals surface area contributed by atoms with Crippen molar-refractivity contribution in [1.29, 1.82) is 0 Å². The monoisotopic (exact) mass is 296 g/mol. The third kappa shape index (κ3) is 2.35. The minimum absolute atomic E-state index is 0.246. The molecule has 3 rings (SSSR count). The average Bonchev–Trinajstić information content (AvgIpc) is 2.86. The van der Waals surface area contributed by atoms with Crippen molar-refractivity contribution >= 4 is 5.82 Å². The van der Waals surface area contributed by atoms with Crippen LogP contribution in [0.4, 0.5) is 10.2 Å². The number of hydrogen-bond acceptors (Lipinski definition) is 3. The third-order valence-electron chi connectivity index (χ3n) is 3.73. The number of benzene rings is 2. The lowest BCUT2D eigenvalue weighted by molar-refractivity contribution is 0.619. The van der Waals surface area contributed by atoms with E-state index in [4.69, 9.17) is 5.73 Å². The number of aromatic nitrogens is 3. The maximum Gasteiger partial charge on any atom is 0.155 e. The number of nitrogen functional groups attached to an aromatic ring is 1. The van der Waals surface area contributed by atoms with E-state index in [9.17, 15) is 4.39 Å². The van der Waals surface area contributed by atoms with Gasteiger partial charge in [0.25, 0.3) is 0 Å². The minimum Gasteiger partial charge on any atom is -0.382 e. The molecule has 2 aromatic carbocycles. The van der Waals surface area contributed by atoms with Crippen LogP contribution in [-0.4, -0.2) is 15.0 Å². The van der Waals surface area contributed by atoms with Crippen molar-refractivity contribution in [3.05, 3.63) is 58.9 Å². The molecule has 4 nitrogen and oxygen atoms in total. The summed E-state index contributed by atoms with van der Waals surface area (Å²) in [5.74, 6) is 0.198. The Morgan fingerprint density at radius 1 is 1.00 bits per heavy atom. The first-order valence-electron chi connectivity index (χ1n) is 7.02. The maximum absolute atomic E-state index is 13.4. The van der Waals surface area contributed by atoms with Crippen LogP contribution in [0.15, 0.2) is 36.4 Å². The number of halogens is 1. The van der Waals surface area contributed by atoms with Crippen molar-refractivity contribution < 1.29 is 4.39 Å². The first-order valence-corrected chi connectivity index (χ1v) is 7.02. The van der Waals surface area contributed by atoms with Gasteiger partial charge >= 0.3 is 0 Å². The van der Waals surface area contributed by atoms with Crippen LogP contribution in [0.3, 0.4) is 0 Å². The number of aryl methyl sites for hydroxylation is 3. The molecule has 112 valence electrons.